The molecule has 0 spiro atoms. The molecule has 3 N–H and O–H groups in total. The molecule has 0 aromatic heterocycles. The van der Waals surface area contributed by atoms with E-state index < -0.39 is 5.60 Å². The van der Waals surface area contributed by atoms with E-state index in [0.717, 1.165) is 13.0 Å². The van der Waals surface area contributed by atoms with Crippen molar-refractivity contribution in [3.63, 3.8) is 0 Å². The normalized spacial score (nSPS) is 18.2. The van der Waals surface area contributed by atoms with E-state index in [2.05, 4.69) is 22.5 Å². The fourth-order valence-corrected chi connectivity index (χ4v) is 2.86. The van der Waals surface area contributed by atoms with Crippen molar-refractivity contribution < 1.29 is 14.6 Å². The van der Waals surface area contributed by atoms with Crippen molar-refractivity contribution in [3.8, 4) is 5.75 Å². The molecule has 0 radical (unpaired) electrons. The first-order valence-electron chi connectivity index (χ1n) is 9.30. The zero-order chi connectivity index (χ0) is 18.8. The standard InChI is InChI=1S/C19H30ClN3O3/c1-3-15(26-17-8-6-5-7-16(17)20)13-22-18(21-4-2)23-14-19(24)9-11-25-12-10-19/h5-8,15,24H,3-4,9-14H2,1-2H3,(H2,21,22,23). The van der Waals surface area contributed by atoms with Gasteiger partial charge in [-0.15, -0.1) is 0 Å². The Morgan fingerprint density at radius 2 is 2.04 bits per heavy atom. The highest BCUT2D eigenvalue weighted by Crippen LogP contribution is 2.24. The maximum Gasteiger partial charge on any atom is 0.191 e. The van der Waals surface area contributed by atoms with E-state index in [-0.39, 0.29) is 6.10 Å². The van der Waals surface area contributed by atoms with Crippen LogP contribution in [-0.2, 0) is 4.74 Å². The fraction of sp³-hybridized carbons (Fsp3) is 0.632. The summed E-state index contributed by atoms with van der Waals surface area (Å²) in [5.74, 6) is 1.36. The molecule has 1 fully saturated rings. The number of para-hydroxylation sites is 1. The first-order valence-corrected chi connectivity index (χ1v) is 9.67. The molecule has 7 heteroatoms. The molecule has 0 amide bonds. The maximum atomic E-state index is 10.6. The Bertz CT molecular complexity index is 577. The lowest BCUT2D eigenvalue weighted by molar-refractivity contribution is -0.0566. The van der Waals surface area contributed by atoms with Gasteiger partial charge in [0.25, 0.3) is 0 Å². The van der Waals surface area contributed by atoms with Gasteiger partial charge in [0.15, 0.2) is 5.96 Å². The summed E-state index contributed by atoms with van der Waals surface area (Å²) in [7, 11) is 0. The van der Waals surface area contributed by atoms with Crippen LogP contribution in [0.15, 0.2) is 29.3 Å². The molecule has 1 aromatic carbocycles. The largest absolute Gasteiger partial charge is 0.487 e. The monoisotopic (exact) mass is 383 g/mol. The molecule has 1 unspecified atom stereocenters. The van der Waals surface area contributed by atoms with Crippen LogP contribution in [0.3, 0.4) is 0 Å². The minimum Gasteiger partial charge on any atom is -0.487 e. The summed E-state index contributed by atoms with van der Waals surface area (Å²) >= 11 is 6.17. The highest BCUT2D eigenvalue weighted by molar-refractivity contribution is 6.32. The second-order valence-corrected chi connectivity index (χ2v) is 6.90. The van der Waals surface area contributed by atoms with E-state index in [9.17, 15) is 5.11 Å². The first-order chi connectivity index (χ1) is 12.6. The van der Waals surface area contributed by atoms with Gasteiger partial charge in [-0.1, -0.05) is 30.7 Å². The van der Waals surface area contributed by atoms with Crippen LogP contribution in [0, 0.1) is 0 Å². The van der Waals surface area contributed by atoms with Gasteiger partial charge < -0.3 is 25.2 Å². The highest BCUT2D eigenvalue weighted by atomic mass is 35.5. The lowest BCUT2D eigenvalue weighted by atomic mass is 9.95. The minimum atomic E-state index is -0.779. The molecule has 146 valence electrons. The Balaban J connectivity index is 1.91. The summed E-state index contributed by atoms with van der Waals surface area (Å²) in [6.45, 7) is 6.94. The van der Waals surface area contributed by atoms with Crippen molar-refractivity contribution in [1.82, 2.24) is 10.6 Å². The topological polar surface area (TPSA) is 75.1 Å². The van der Waals surface area contributed by atoms with E-state index >= 15 is 0 Å². The molecule has 0 saturated carbocycles. The summed E-state index contributed by atoms with van der Waals surface area (Å²) in [6, 6.07) is 7.47. The van der Waals surface area contributed by atoms with Crippen molar-refractivity contribution in [2.45, 2.75) is 44.8 Å². The van der Waals surface area contributed by atoms with Gasteiger partial charge in [-0.3, -0.25) is 4.99 Å². The van der Waals surface area contributed by atoms with E-state index in [1.54, 1.807) is 0 Å². The highest BCUT2D eigenvalue weighted by Gasteiger charge is 2.29. The Labute approximate surface area is 160 Å². The predicted molar refractivity (Wildman–Crippen MR) is 105 cm³/mol. The Kier molecular flexibility index (Phi) is 8.48. The van der Waals surface area contributed by atoms with Crippen molar-refractivity contribution >= 4 is 17.6 Å². The number of aliphatic imine (C=N–C) groups is 1. The maximum absolute atomic E-state index is 10.6. The third-order valence-electron chi connectivity index (χ3n) is 4.38. The molecule has 1 aromatic rings. The number of rotatable bonds is 8. The van der Waals surface area contributed by atoms with Gasteiger partial charge in [-0.2, -0.15) is 0 Å². The van der Waals surface area contributed by atoms with Crippen molar-refractivity contribution in [2.75, 3.05) is 32.8 Å². The van der Waals surface area contributed by atoms with Crippen molar-refractivity contribution in [1.29, 1.82) is 0 Å². The number of ether oxygens (including phenoxy) is 2. The Morgan fingerprint density at radius 3 is 2.69 bits per heavy atom. The zero-order valence-electron chi connectivity index (χ0n) is 15.6. The van der Waals surface area contributed by atoms with Gasteiger partial charge in [0, 0.05) is 32.6 Å². The van der Waals surface area contributed by atoms with E-state index in [1.165, 1.54) is 0 Å². The van der Waals surface area contributed by atoms with E-state index in [1.807, 2.05) is 31.2 Å². The SMILES string of the molecule is CCNC(=NCC1(O)CCOCC1)NCC(CC)Oc1ccccc1Cl. The number of guanidine groups is 1. The molecule has 2 rings (SSSR count). The summed E-state index contributed by atoms with van der Waals surface area (Å²) in [5.41, 5.74) is -0.779. The van der Waals surface area contributed by atoms with Gasteiger partial charge in [0.1, 0.15) is 11.9 Å². The molecule has 1 saturated heterocycles. The lowest BCUT2D eigenvalue weighted by Crippen LogP contribution is -2.45. The minimum absolute atomic E-state index is 0.0371. The third kappa shape index (κ3) is 6.67. The number of nitrogens with zero attached hydrogens (tertiary/aromatic N) is 1. The van der Waals surface area contributed by atoms with Crippen molar-refractivity contribution in [2.24, 2.45) is 4.99 Å². The summed E-state index contributed by atoms with van der Waals surface area (Å²) in [6.07, 6.45) is 2.02. The lowest BCUT2D eigenvalue weighted by Gasteiger charge is -2.30. The van der Waals surface area contributed by atoms with Crippen LogP contribution >= 0.6 is 11.6 Å². The van der Waals surface area contributed by atoms with Crippen LogP contribution < -0.4 is 15.4 Å². The molecule has 6 nitrogen and oxygen atoms in total. The summed E-state index contributed by atoms with van der Waals surface area (Å²) in [4.78, 5) is 4.55. The number of aliphatic hydroxyl groups is 1. The quantitative estimate of drug-likeness (QED) is 0.475. The van der Waals surface area contributed by atoms with Crippen LogP contribution in [-0.4, -0.2) is 55.6 Å². The van der Waals surface area contributed by atoms with Gasteiger partial charge in [-0.05, 0) is 25.5 Å². The molecule has 1 atom stereocenters. The predicted octanol–water partition coefficient (Wildman–Crippen LogP) is 2.59. The molecular weight excluding hydrogens is 354 g/mol. The first kappa shape index (κ1) is 20.8. The summed E-state index contributed by atoms with van der Waals surface area (Å²) < 4.78 is 11.3. The Hall–Kier alpha value is -1.50. The second-order valence-electron chi connectivity index (χ2n) is 6.49. The zero-order valence-corrected chi connectivity index (χ0v) is 16.4. The molecule has 1 heterocycles. The third-order valence-corrected chi connectivity index (χ3v) is 4.69. The second kappa shape index (κ2) is 10.6. The van der Waals surface area contributed by atoms with E-state index in [4.69, 9.17) is 21.1 Å². The van der Waals surface area contributed by atoms with Crippen LogP contribution in [0.2, 0.25) is 5.02 Å². The van der Waals surface area contributed by atoms with Crippen LogP contribution in [0.4, 0.5) is 0 Å². The number of hydrogen-bond donors (Lipinski definition) is 3. The Morgan fingerprint density at radius 1 is 1.31 bits per heavy atom. The van der Waals surface area contributed by atoms with Gasteiger partial charge >= 0.3 is 0 Å². The smallest absolute Gasteiger partial charge is 0.191 e. The van der Waals surface area contributed by atoms with Crippen molar-refractivity contribution in [3.05, 3.63) is 29.3 Å². The molecule has 1 aliphatic heterocycles. The molecule has 26 heavy (non-hydrogen) atoms. The summed E-state index contributed by atoms with van der Waals surface area (Å²) in [5, 5.41) is 17.7. The molecule has 0 bridgehead atoms. The number of halogens is 1. The average Bonchev–Trinajstić information content (AvgIpc) is 2.65. The number of benzene rings is 1. The van der Waals surface area contributed by atoms with Crippen LogP contribution in [0.25, 0.3) is 0 Å². The van der Waals surface area contributed by atoms with Gasteiger partial charge in [0.2, 0.25) is 0 Å². The molecular formula is C19H30ClN3O3. The number of nitrogens with one attached hydrogen (secondary N) is 2. The van der Waals surface area contributed by atoms with E-state index in [0.29, 0.717) is 55.9 Å². The van der Waals surface area contributed by atoms with Gasteiger partial charge in [0.05, 0.1) is 23.7 Å². The molecule has 1 aliphatic rings. The molecule has 0 aliphatic carbocycles. The fourth-order valence-electron chi connectivity index (χ4n) is 2.68. The van der Waals surface area contributed by atoms with Gasteiger partial charge in [-0.25, -0.2) is 0 Å². The van der Waals surface area contributed by atoms with Crippen LogP contribution in [0.1, 0.15) is 33.1 Å². The number of hydrogen-bond acceptors (Lipinski definition) is 4. The van der Waals surface area contributed by atoms with Crippen LogP contribution in [0.5, 0.6) is 5.75 Å². The average molecular weight is 384 g/mol.